The molecule has 82 valence electrons. The minimum Gasteiger partial charge on any atom is -0.507 e. The van der Waals surface area contributed by atoms with Crippen molar-refractivity contribution in [2.75, 3.05) is 0 Å². The van der Waals surface area contributed by atoms with Crippen molar-refractivity contribution in [2.24, 2.45) is 0 Å². The van der Waals surface area contributed by atoms with Crippen LogP contribution >= 0.6 is 0 Å². The predicted octanol–water partition coefficient (Wildman–Crippen LogP) is 3.03. The van der Waals surface area contributed by atoms with E-state index >= 15 is 0 Å². The van der Waals surface area contributed by atoms with E-state index < -0.39 is 0 Å². The summed E-state index contributed by atoms with van der Waals surface area (Å²) >= 11 is 0. The summed E-state index contributed by atoms with van der Waals surface area (Å²) in [6.45, 7) is 8.03. The second-order valence-corrected chi connectivity index (χ2v) is 4.50. The maximum Gasteiger partial charge on any atom is 0.126 e. The topological polar surface area (TPSA) is 29.5 Å². The molecule has 0 amide bonds. The highest BCUT2D eigenvalue weighted by Crippen LogP contribution is 2.40. The van der Waals surface area contributed by atoms with Crippen molar-refractivity contribution in [3.8, 4) is 11.5 Å². The lowest BCUT2D eigenvalue weighted by molar-refractivity contribution is 0.190. The minimum absolute atomic E-state index is 0.291. The highest BCUT2D eigenvalue weighted by atomic mass is 16.5. The quantitative estimate of drug-likeness (QED) is 0.707. The number of phenols is 1. The van der Waals surface area contributed by atoms with E-state index in [-0.39, 0.29) is 0 Å². The number of phenolic OH excluding ortho intramolecular Hbond substituents is 1. The molecule has 0 saturated heterocycles. The Labute approximate surface area is 90.9 Å². The molecule has 2 heteroatoms. The molecule has 0 aromatic heterocycles. The van der Waals surface area contributed by atoms with Crippen LogP contribution in [0, 0.1) is 20.8 Å². The monoisotopic (exact) mass is 206 g/mol. The SMILES string of the molecule is Cc1c(C)c2c(c(C)c1O)CCC(C)O2. The molecule has 2 nitrogen and oxygen atoms in total. The maximum atomic E-state index is 9.95. The van der Waals surface area contributed by atoms with Crippen LogP contribution in [0.3, 0.4) is 0 Å². The van der Waals surface area contributed by atoms with Crippen molar-refractivity contribution in [1.29, 1.82) is 0 Å². The number of hydrogen-bond donors (Lipinski definition) is 1. The predicted molar refractivity (Wildman–Crippen MR) is 60.7 cm³/mol. The molecule has 1 heterocycles. The van der Waals surface area contributed by atoms with Gasteiger partial charge in [0.05, 0.1) is 6.10 Å². The van der Waals surface area contributed by atoms with Gasteiger partial charge in [-0.1, -0.05) is 0 Å². The molecule has 1 aromatic rings. The van der Waals surface area contributed by atoms with E-state index in [2.05, 4.69) is 6.92 Å². The van der Waals surface area contributed by atoms with E-state index in [1.54, 1.807) is 0 Å². The van der Waals surface area contributed by atoms with Crippen molar-refractivity contribution < 1.29 is 9.84 Å². The lowest BCUT2D eigenvalue weighted by Crippen LogP contribution is -2.20. The molecule has 0 saturated carbocycles. The number of benzene rings is 1. The van der Waals surface area contributed by atoms with Crippen LogP contribution in [-0.4, -0.2) is 11.2 Å². The zero-order valence-electron chi connectivity index (χ0n) is 9.85. The highest BCUT2D eigenvalue weighted by Gasteiger charge is 2.23. The van der Waals surface area contributed by atoms with E-state index in [0.717, 1.165) is 35.3 Å². The third kappa shape index (κ3) is 1.48. The van der Waals surface area contributed by atoms with Gasteiger partial charge in [0.25, 0.3) is 0 Å². The summed E-state index contributed by atoms with van der Waals surface area (Å²) in [5.41, 5.74) is 4.20. The molecule has 0 aliphatic carbocycles. The van der Waals surface area contributed by atoms with Gasteiger partial charge in [-0.2, -0.15) is 0 Å². The van der Waals surface area contributed by atoms with Crippen LogP contribution in [0.1, 0.15) is 35.6 Å². The summed E-state index contributed by atoms with van der Waals surface area (Å²) in [6.07, 6.45) is 2.34. The van der Waals surface area contributed by atoms with Gasteiger partial charge in [0.15, 0.2) is 0 Å². The molecule has 1 aliphatic rings. The summed E-state index contributed by atoms with van der Waals surface area (Å²) in [5, 5.41) is 9.95. The average molecular weight is 206 g/mol. The normalized spacial score (nSPS) is 19.6. The Kier molecular flexibility index (Phi) is 2.37. The smallest absolute Gasteiger partial charge is 0.126 e. The standard InChI is InChI=1S/C13H18O2/c1-7-5-6-11-10(4)12(14)8(2)9(3)13(11)15-7/h7,14H,5-6H2,1-4H3. The largest absolute Gasteiger partial charge is 0.507 e. The number of ether oxygens (including phenoxy) is 1. The Morgan fingerprint density at radius 2 is 1.80 bits per heavy atom. The van der Waals surface area contributed by atoms with Gasteiger partial charge in [-0.25, -0.2) is 0 Å². The highest BCUT2D eigenvalue weighted by molar-refractivity contribution is 5.58. The molecule has 0 spiro atoms. The summed E-state index contributed by atoms with van der Waals surface area (Å²) in [6, 6.07) is 0. The van der Waals surface area contributed by atoms with Crippen molar-refractivity contribution >= 4 is 0 Å². The zero-order valence-corrected chi connectivity index (χ0v) is 9.85. The average Bonchev–Trinajstić information content (AvgIpc) is 2.23. The van der Waals surface area contributed by atoms with Crippen LogP contribution in [-0.2, 0) is 6.42 Å². The van der Waals surface area contributed by atoms with Gasteiger partial charge in [-0.05, 0) is 57.2 Å². The van der Waals surface area contributed by atoms with Crippen LogP contribution < -0.4 is 4.74 Å². The number of fused-ring (bicyclic) bond motifs is 1. The maximum absolute atomic E-state index is 9.95. The van der Waals surface area contributed by atoms with Crippen molar-refractivity contribution in [1.82, 2.24) is 0 Å². The first-order chi connectivity index (χ1) is 7.02. The van der Waals surface area contributed by atoms with Gasteiger partial charge in [0.1, 0.15) is 11.5 Å². The molecular weight excluding hydrogens is 188 g/mol. The lowest BCUT2D eigenvalue weighted by atomic mass is 9.92. The van der Waals surface area contributed by atoms with Gasteiger partial charge in [-0.3, -0.25) is 0 Å². The molecule has 0 bridgehead atoms. The fourth-order valence-corrected chi connectivity index (χ4v) is 2.24. The zero-order chi connectivity index (χ0) is 11.2. The van der Waals surface area contributed by atoms with E-state index in [1.165, 1.54) is 5.56 Å². The van der Waals surface area contributed by atoms with Crippen molar-refractivity contribution in [3.05, 3.63) is 22.3 Å². The molecule has 2 rings (SSSR count). The molecule has 0 radical (unpaired) electrons. The van der Waals surface area contributed by atoms with Crippen molar-refractivity contribution in [2.45, 2.75) is 46.6 Å². The number of rotatable bonds is 0. The van der Waals surface area contributed by atoms with E-state index in [9.17, 15) is 5.11 Å². The first-order valence-corrected chi connectivity index (χ1v) is 5.50. The van der Waals surface area contributed by atoms with Gasteiger partial charge >= 0.3 is 0 Å². The van der Waals surface area contributed by atoms with Crippen LogP contribution in [0.15, 0.2) is 0 Å². The third-order valence-electron chi connectivity index (χ3n) is 3.46. The van der Waals surface area contributed by atoms with Crippen LogP contribution in [0.5, 0.6) is 11.5 Å². The molecule has 1 aliphatic heterocycles. The van der Waals surface area contributed by atoms with E-state index in [0.29, 0.717) is 11.9 Å². The van der Waals surface area contributed by atoms with Gasteiger partial charge in [0.2, 0.25) is 0 Å². The Balaban J connectivity index is 2.65. The summed E-state index contributed by atoms with van der Waals surface area (Å²) in [5.74, 6) is 1.44. The first kappa shape index (κ1) is 10.3. The Bertz CT molecular complexity index is 408. The number of hydrogen-bond acceptors (Lipinski definition) is 2. The van der Waals surface area contributed by atoms with Gasteiger partial charge in [0, 0.05) is 5.56 Å². The molecule has 1 aromatic carbocycles. The second kappa shape index (κ2) is 3.44. The fourth-order valence-electron chi connectivity index (χ4n) is 2.24. The Hall–Kier alpha value is -1.18. The van der Waals surface area contributed by atoms with Gasteiger partial charge < -0.3 is 9.84 Å². The number of aromatic hydroxyl groups is 1. The lowest BCUT2D eigenvalue weighted by Gasteiger charge is -2.27. The van der Waals surface area contributed by atoms with E-state index in [1.807, 2.05) is 20.8 Å². The first-order valence-electron chi connectivity index (χ1n) is 5.50. The summed E-state index contributed by atoms with van der Waals surface area (Å²) in [7, 11) is 0. The fraction of sp³-hybridized carbons (Fsp3) is 0.538. The van der Waals surface area contributed by atoms with E-state index in [4.69, 9.17) is 4.74 Å². The molecular formula is C13H18O2. The van der Waals surface area contributed by atoms with Crippen LogP contribution in [0.25, 0.3) is 0 Å². The molecule has 0 fully saturated rings. The Morgan fingerprint density at radius 1 is 1.13 bits per heavy atom. The van der Waals surface area contributed by atoms with Crippen molar-refractivity contribution in [3.63, 3.8) is 0 Å². The minimum atomic E-state index is 0.291. The van der Waals surface area contributed by atoms with Crippen LogP contribution in [0.4, 0.5) is 0 Å². The molecule has 1 atom stereocenters. The van der Waals surface area contributed by atoms with Crippen LogP contribution in [0.2, 0.25) is 0 Å². The summed E-state index contributed by atoms with van der Waals surface area (Å²) in [4.78, 5) is 0. The molecule has 15 heavy (non-hydrogen) atoms. The third-order valence-corrected chi connectivity index (χ3v) is 3.46. The second-order valence-electron chi connectivity index (χ2n) is 4.50. The van der Waals surface area contributed by atoms with Gasteiger partial charge in [-0.15, -0.1) is 0 Å². The molecule has 1 N–H and O–H groups in total. The molecule has 1 unspecified atom stereocenters. The Morgan fingerprint density at radius 3 is 2.47 bits per heavy atom. The summed E-state index contributed by atoms with van der Waals surface area (Å²) < 4.78 is 5.87.